The minimum atomic E-state index is 0.0200. The van der Waals surface area contributed by atoms with Crippen LogP contribution in [-0.4, -0.2) is 4.98 Å². The predicted molar refractivity (Wildman–Crippen MR) is 74.1 cm³/mol. The van der Waals surface area contributed by atoms with Crippen molar-refractivity contribution in [3.05, 3.63) is 76.4 Å². The number of hydrogen-bond acceptors (Lipinski definition) is 3. The summed E-state index contributed by atoms with van der Waals surface area (Å²) in [5.74, 6) is 0.723. The first-order valence-corrected chi connectivity index (χ1v) is 6.23. The Morgan fingerprint density at radius 3 is 2.63 bits per heavy atom. The van der Waals surface area contributed by atoms with Gasteiger partial charge in [-0.15, -0.1) is 0 Å². The second-order valence-electron chi connectivity index (χ2n) is 4.43. The van der Waals surface area contributed by atoms with Crippen LogP contribution < -0.4 is 5.43 Å². The largest absolute Gasteiger partial charge is 0.461 e. The van der Waals surface area contributed by atoms with Crippen molar-refractivity contribution in [2.45, 2.75) is 12.8 Å². The molecule has 3 aromatic rings. The molecule has 0 radical (unpaired) electrons. The zero-order chi connectivity index (χ0) is 13.1. The third-order valence-electron chi connectivity index (χ3n) is 3.10. The van der Waals surface area contributed by atoms with Gasteiger partial charge in [-0.3, -0.25) is 9.78 Å². The van der Waals surface area contributed by atoms with Crippen molar-refractivity contribution >= 4 is 11.0 Å². The number of fused-ring (bicyclic) bond motifs is 1. The maximum atomic E-state index is 11.9. The molecule has 19 heavy (non-hydrogen) atoms. The first-order valence-electron chi connectivity index (χ1n) is 6.23. The minimum absolute atomic E-state index is 0.0200. The van der Waals surface area contributed by atoms with E-state index in [2.05, 4.69) is 4.98 Å². The van der Waals surface area contributed by atoms with Crippen LogP contribution in [0.25, 0.3) is 11.0 Å². The van der Waals surface area contributed by atoms with Gasteiger partial charge in [0.2, 0.25) is 0 Å². The molecular formula is C16H13NO2. The molecule has 0 saturated heterocycles. The van der Waals surface area contributed by atoms with E-state index in [0.717, 1.165) is 12.2 Å². The summed E-state index contributed by atoms with van der Waals surface area (Å²) in [7, 11) is 0. The van der Waals surface area contributed by atoms with Crippen LogP contribution in [0.1, 0.15) is 11.3 Å². The lowest BCUT2D eigenvalue weighted by molar-refractivity contribution is 0.534. The van der Waals surface area contributed by atoms with Crippen molar-refractivity contribution in [1.82, 2.24) is 4.98 Å². The zero-order valence-corrected chi connectivity index (χ0v) is 10.4. The van der Waals surface area contributed by atoms with Crippen LogP contribution in [0, 0.1) is 0 Å². The Morgan fingerprint density at radius 1 is 1.00 bits per heavy atom. The summed E-state index contributed by atoms with van der Waals surface area (Å²) in [6, 6.07) is 12.9. The Balaban J connectivity index is 1.88. The van der Waals surface area contributed by atoms with Gasteiger partial charge in [-0.1, -0.05) is 12.1 Å². The highest BCUT2D eigenvalue weighted by Gasteiger charge is 2.04. The average Bonchev–Trinajstić information content (AvgIpc) is 2.46. The molecule has 0 amide bonds. The number of benzene rings is 1. The summed E-state index contributed by atoms with van der Waals surface area (Å²) in [5.41, 5.74) is 1.86. The second kappa shape index (κ2) is 5.06. The maximum Gasteiger partial charge on any atom is 0.192 e. The summed E-state index contributed by atoms with van der Waals surface area (Å²) in [6.45, 7) is 0. The number of aromatic nitrogens is 1. The molecule has 0 atom stereocenters. The molecule has 3 nitrogen and oxygen atoms in total. The number of hydrogen-bond donors (Lipinski definition) is 0. The molecular weight excluding hydrogens is 238 g/mol. The molecule has 0 bridgehead atoms. The van der Waals surface area contributed by atoms with E-state index in [9.17, 15) is 4.79 Å². The average molecular weight is 251 g/mol. The smallest absolute Gasteiger partial charge is 0.192 e. The highest BCUT2D eigenvalue weighted by molar-refractivity contribution is 5.76. The molecule has 0 aliphatic carbocycles. The van der Waals surface area contributed by atoms with Crippen LogP contribution in [0.5, 0.6) is 0 Å². The van der Waals surface area contributed by atoms with E-state index < -0.39 is 0 Å². The van der Waals surface area contributed by atoms with Gasteiger partial charge in [0.05, 0.1) is 5.39 Å². The van der Waals surface area contributed by atoms with E-state index >= 15 is 0 Å². The first kappa shape index (κ1) is 11.7. The Morgan fingerprint density at radius 2 is 1.79 bits per heavy atom. The van der Waals surface area contributed by atoms with E-state index in [1.54, 1.807) is 24.5 Å². The van der Waals surface area contributed by atoms with Gasteiger partial charge in [-0.05, 0) is 36.2 Å². The van der Waals surface area contributed by atoms with E-state index in [1.165, 1.54) is 5.56 Å². The van der Waals surface area contributed by atoms with Gasteiger partial charge in [-0.2, -0.15) is 0 Å². The van der Waals surface area contributed by atoms with Crippen LogP contribution >= 0.6 is 0 Å². The highest BCUT2D eigenvalue weighted by Crippen LogP contribution is 2.13. The Bertz CT molecular complexity index is 747. The van der Waals surface area contributed by atoms with Gasteiger partial charge in [0, 0.05) is 24.9 Å². The molecule has 0 aliphatic heterocycles. The van der Waals surface area contributed by atoms with Gasteiger partial charge in [0.25, 0.3) is 0 Å². The first-order chi connectivity index (χ1) is 9.33. The van der Waals surface area contributed by atoms with Crippen molar-refractivity contribution in [1.29, 1.82) is 0 Å². The number of pyridine rings is 1. The molecule has 0 N–H and O–H groups in total. The topological polar surface area (TPSA) is 43.1 Å². The molecule has 1 aromatic carbocycles. The normalized spacial score (nSPS) is 10.7. The SMILES string of the molecule is O=c1cc(CCc2ccncc2)oc2ccccc12. The van der Waals surface area contributed by atoms with Crippen molar-refractivity contribution in [2.75, 3.05) is 0 Å². The standard InChI is InChI=1S/C16H13NO2/c18-15-11-13(6-5-12-7-9-17-10-8-12)19-16-4-2-1-3-14(15)16/h1-4,7-11H,5-6H2. The van der Waals surface area contributed by atoms with Crippen LogP contribution in [0.2, 0.25) is 0 Å². The van der Waals surface area contributed by atoms with Crippen LogP contribution in [0.15, 0.2) is 64.1 Å². The third-order valence-corrected chi connectivity index (χ3v) is 3.10. The number of rotatable bonds is 3. The zero-order valence-electron chi connectivity index (χ0n) is 10.4. The molecule has 0 saturated carbocycles. The number of para-hydroxylation sites is 1. The molecule has 0 unspecified atom stereocenters. The summed E-state index contributed by atoms with van der Waals surface area (Å²) >= 11 is 0. The fraction of sp³-hybridized carbons (Fsp3) is 0.125. The monoisotopic (exact) mass is 251 g/mol. The Kier molecular flexibility index (Phi) is 3.11. The number of nitrogens with zero attached hydrogens (tertiary/aromatic N) is 1. The third kappa shape index (κ3) is 2.55. The lowest BCUT2D eigenvalue weighted by Crippen LogP contribution is -2.03. The lowest BCUT2D eigenvalue weighted by atomic mass is 10.1. The van der Waals surface area contributed by atoms with Crippen molar-refractivity contribution in [2.24, 2.45) is 0 Å². The molecule has 2 heterocycles. The molecule has 3 heteroatoms. The van der Waals surface area contributed by atoms with Gasteiger partial charge < -0.3 is 4.42 Å². The van der Waals surface area contributed by atoms with Crippen LogP contribution in [0.4, 0.5) is 0 Å². The molecule has 0 aliphatic rings. The molecule has 2 aromatic heterocycles. The molecule has 94 valence electrons. The Labute approximate surface area is 110 Å². The van der Waals surface area contributed by atoms with E-state index in [4.69, 9.17) is 4.42 Å². The van der Waals surface area contributed by atoms with Crippen molar-refractivity contribution in [3.8, 4) is 0 Å². The van der Waals surface area contributed by atoms with Crippen molar-refractivity contribution in [3.63, 3.8) is 0 Å². The minimum Gasteiger partial charge on any atom is -0.461 e. The molecule has 0 fully saturated rings. The molecule has 0 spiro atoms. The van der Waals surface area contributed by atoms with Gasteiger partial charge in [0.15, 0.2) is 5.43 Å². The summed E-state index contributed by atoms with van der Waals surface area (Å²) in [4.78, 5) is 15.9. The van der Waals surface area contributed by atoms with E-state index in [-0.39, 0.29) is 5.43 Å². The summed E-state index contributed by atoms with van der Waals surface area (Å²) in [5, 5.41) is 0.634. The van der Waals surface area contributed by atoms with Crippen LogP contribution in [0.3, 0.4) is 0 Å². The van der Waals surface area contributed by atoms with Gasteiger partial charge >= 0.3 is 0 Å². The second-order valence-corrected chi connectivity index (χ2v) is 4.43. The fourth-order valence-corrected chi connectivity index (χ4v) is 2.09. The van der Waals surface area contributed by atoms with Crippen molar-refractivity contribution < 1.29 is 4.42 Å². The predicted octanol–water partition coefficient (Wildman–Crippen LogP) is 2.97. The van der Waals surface area contributed by atoms with E-state index in [0.29, 0.717) is 17.4 Å². The lowest BCUT2D eigenvalue weighted by Gasteiger charge is -2.03. The maximum absolute atomic E-state index is 11.9. The molecule has 3 rings (SSSR count). The highest BCUT2D eigenvalue weighted by atomic mass is 16.3. The van der Waals surface area contributed by atoms with Crippen LogP contribution in [-0.2, 0) is 12.8 Å². The van der Waals surface area contributed by atoms with E-state index in [1.807, 2.05) is 30.3 Å². The summed E-state index contributed by atoms with van der Waals surface area (Å²) < 4.78 is 5.75. The fourth-order valence-electron chi connectivity index (χ4n) is 2.09. The number of aryl methyl sites for hydroxylation is 2. The quantitative estimate of drug-likeness (QED) is 0.718. The van der Waals surface area contributed by atoms with Gasteiger partial charge in [0.1, 0.15) is 11.3 Å². The Hall–Kier alpha value is -2.42. The van der Waals surface area contributed by atoms with Gasteiger partial charge in [-0.25, -0.2) is 0 Å². The summed E-state index contributed by atoms with van der Waals surface area (Å²) in [6.07, 6.45) is 5.09.